The number of aliphatic hydroxyl groups excluding tert-OH is 1. The molecule has 2 heterocycles. The van der Waals surface area contributed by atoms with E-state index >= 15 is 0 Å². The van der Waals surface area contributed by atoms with E-state index < -0.39 is 6.10 Å². The summed E-state index contributed by atoms with van der Waals surface area (Å²) in [4.78, 5) is 15.2. The third-order valence-electron chi connectivity index (χ3n) is 6.73. The molecular weight excluding hydrogens is 406 g/mol. The van der Waals surface area contributed by atoms with Gasteiger partial charge in [-0.2, -0.15) is 0 Å². The number of ether oxygens (including phenoxy) is 3. The van der Waals surface area contributed by atoms with E-state index in [1.54, 1.807) is 7.11 Å². The van der Waals surface area contributed by atoms with E-state index in [2.05, 4.69) is 11.8 Å². The lowest BCUT2D eigenvalue weighted by molar-refractivity contribution is -0.121. The van der Waals surface area contributed by atoms with Crippen molar-refractivity contribution in [3.05, 3.63) is 23.8 Å². The first kappa shape index (κ1) is 25.0. The number of carbonyl (C=O) groups excluding carboxylic acids is 1. The molecule has 1 unspecified atom stereocenters. The minimum Gasteiger partial charge on any atom is -0.486 e. The van der Waals surface area contributed by atoms with Crippen molar-refractivity contribution in [3.63, 3.8) is 0 Å². The van der Waals surface area contributed by atoms with Gasteiger partial charge in [0.25, 0.3) is 0 Å². The molecule has 180 valence electrons. The monoisotopic (exact) mass is 447 g/mol. The van der Waals surface area contributed by atoms with E-state index in [0.29, 0.717) is 56.7 Å². The lowest BCUT2D eigenvalue weighted by Gasteiger charge is -2.31. The third-order valence-corrected chi connectivity index (χ3v) is 6.73. The quantitative estimate of drug-likeness (QED) is 0.423. The smallest absolute Gasteiger partial charge is 0.161 e. The average Bonchev–Trinajstić information content (AvgIpc) is 3.24. The number of likely N-dealkylation sites (tertiary alicyclic amines) is 1. The number of unbranched alkanes of at least 4 members (excludes halogenated alkanes) is 4. The minimum absolute atomic E-state index is 0.154. The largest absolute Gasteiger partial charge is 0.486 e. The fourth-order valence-corrected chi connectivity index (χ4v) is 4.93. The van der Waals surface area contributed by atoms with Gasteiger partial charge >= 0.3 is 0 Å². The Morgan fingerprint density at radius 1 is 1.19 bits per heavy atom. The van der Waals surface area contributed by atoms with Crippen molar-refractivity contribution in [2.75, 3.05) is 40.0 Å². The van der Waals surface area contributed by atoms with Gasteiger partial charge in [0.15, 0.2) is 11.5 Å². The van der Waals surface area contributed by atoms with Crippen LogP contribution in [0.3, 0.4) is 0 Å². The molecule has 0 radical (unpaired) electrons. The van der Waals surface area contributed by atoms with Crippen LogP contribution >= 0.6 is 0 Å². The molecule has 1 saturated heterocycles. The van der Waals surface area contributed by atoms with Gasteiger partial charge in [0.2, 0.25) is 0 Å². The van der Waals surface area contributed by atoms with Gasteiger partial charge in [-0.1, -0.05) is 38.7 Å². The molecule has 0 bridgehead atoms. The number of carbonyl (C=O) groups is 1. The van der Waals surface area contributed by atoms with Crippen LogP contribution in [-0.2, 0) is 9.53 Å². The molecule has 0 aliphatic carbocycles. The van der Waals surface area contributed by atoms with Gasteiger partial charge in [-0.3, -0.25) is 9.69 Å². The third kappa shape index (κ3) is 7.19. The van der Waals surface area contributed by atoms with E-state index in [4.69, 9.17) is 14.2 Å². The van der Waals surface area contributed by atoms with Crippen molar-refractivity contribution in [3.8, 4) is 11.5 Å². The van der Waals surface area contributed by atoms with Gasteiger partial charge in [0.05, 0.1) is 12.7 Å². The molecule has 1 N–H and O–H groups in total. The maximum atomic E-state index is 12.8. The number of benzene rings is 1. The summed E-state index contributed by atoms with van der Waals surface area (Å²) in [7, 11) is 1.74. The van der Waals surface area contributed by atoms with Gasteiger partial charge in [0.1, 0.15) is 19.0 Å². The lowest BCUT2D eigenvalue weighted by Crippen LogP contribution is -2.39. The summed E-state index contributed by atoms with van der Waals surface area (Å²) in [5, 5.41) is 11.3. The van der Waals surface area contributed by atoms with E-state index in [0.717, 1.165) is 37.8 Å². The molecule has 1 aromatic carbocycles. The summed E-state index contributed by atoms with van der Waals surface area (Å²) in [6.07, 6.45) is 8.20. The topological polar surface area (TPSA) is 68.2 Å². The zero-order chi connectivity index (χ0) is 22.8. The van der Waals surface area contributed by atoms with Crippen LogP contribution < -0.4 is 9.47 Å². The summed E-state index contributed by atoms with van der Waals surface area (Å²) in [6.45, 7) is 5.64. The maximum Gasteiger partial charge on any atom is 0.161 e. The molecular formula is C26H41NO5. The zero-order valence-corrected chi connectivity index (χ0v) is 19.9. The fourth-order valence-electron chi connectivity index (χ4n) is 4.93. The Balaban J connectivity index is 1.67. The van der Waals surface area contributed by atoms with E-state index in [9.17, 15) is 9.90 Å². The number of fused-ring (bicyclic) bond motifs is 1. The SMILES string of the molecule is CCCCCCCC(=O)C[C@H](CN1CCCC1COC)[C@@H](O)c1ccc2c(c1)OCCO2. The van der Waals surface area contributed by atoms with E-state index in [1.807, 2.05) is 18.2 Å². The first-order chi connectivity index (χ1) is 15.6. The van der Waals surface area contributed by atoms with Crippen LogP contribution in [0.25, 0.3) is 0 Å². The average molecular weight is 448 g/mol. The Labute approximate surface area is 193 Å². The van der Waals surface area contributed by atoms with Crippen LogP contribution in [0.2, 0.25) is 0 Å². The molecule has 3 atom stereocenters. The Morgan fingerprint density at radius 3 is 2.75 bits per heavy atom. The molecule has 1 fully saturated rings. The highest BCUT2D eigenvalue weighted by Gasteiger charge is 2.32. The molecule has 32 heavy (non-hydrogen) atoms. The lowest BCUT2D eigenvalue weighted by atomic mass is 9.89. The number of ketones is 1. The molecule has 6 nitrogen and oxygen atoms in total. The summed E-state index contributed by atoms with van der Waals surface area (Å²) in [5.74, 6) is 1.49. The highest BCUT2D eigenvalue weighted by atomic mass is 16.6. The number of rotatable bonds is 14. The predicted molar refractivity (Wildman–Crippen MR) is 125 cm³/mol. The first-order valence-electron chi connectivity index (χ1n) is 12.4. The Morgan fingerprint density at radius 2 is 1.97 bits per heavy atom. The first-order valence-corrected chi connectivity index (χ1v) is 12.4. The second-order valence-corrected chi connectivity index (χ2v) is 9.26. The minimum atomic E-state index is -0.723. The normalized spacial score (nSPS) is 20.3. The van der Waals surface area contributed by atoms with Crippen molar-refractivity contribution in [1.29, 1.82) is 0 Å². The van der Waals surface area contributed by atoms with Gasteiger partial charge in [-0.15, -0.1) is 0 Å². The molecule has 1 aromatic rings. The molecule has 0 saturated carbocycles. The molecule has 2 aliphatic heterocycles. The van der Waals surface area contributed by atoms with E-state index in [-0.39, 0.29) is 11.7 Å². The van der Waals surface area contributed by atoms with Crippen LogP contribution in [0, 0.1) is 5.92 Å². The van der Waals surface area contributed by atoms with Gasteiger partial charge < -0.3 is 19.3 Å². The Hall–Kier alpha value is -1.63. The van der Waals surface area contributed by atoms with Crippen LogP contribution in [0.5, 0.6) is 11.5 Å². The van der Waals surface area contributed by atoms with Gasteiger partial charge in [-0.25, -0.2) is 0 Å². The standard InChI is InChI=1S/C26H41NO5/c1-3-4-5-6-7-10-23(28)16-21(18-27-13-8-9-22(27)19-30-2)26(29)20-11-12-24-25(17-20)32-15-14-31-24/h11-12,17,21-22,26,29H,3-10,13-16,18-19H2,1-2H3/t21-,22?,26+/m1/s1. The van der Waals surface area contributed by atoms with Crippen molar-refractivity contribution in [2.45, 2.75) is 76.9 Å². The number of hydrogen-bond donors (Lipinski definition) is 1. The second kappa shape index (κ2) is 13.2. The fraction of sp³-hybridized carbons (Fsp3) is 0.731. The second-order valence-electron chi connectivity index (χ2n) is 9.26. The van der Waals surface area contributed by atoms with Crippen LogP contribution in [0.4, 0.5) is 0 Å². The number of hydrogen-bond acceptors (Lipinski definition) is 6. The number of methoxy groups -OCH3 is 1. The molecule has 2 aliphatic rings. The summed E-state index contributed by atoms with van der Waals surface area (Å²) in [5.41, 5.74) is 0.789. The zero-order valence-electron chi connectivity index (χ0n) is 19.9. The number of Topliss-reactive ketones (excluding diaryl/α,β-unsaturated/α-hetero) is 1. The van der Waals surface area contributed by atoms with Crippen LogP contribution in [0.1, 0.15) is 76.4 Å². The summed E-state index contributed by atoms with van der Waals surface area (Å²) < 4.78 is 16.7. The maximum absolute atomic E-state index is 12.8. The van der Waals surface area contributed by atoms with Crippen LogP contribution in [0.15, 0.2) is 18.2 Å². The van der Waals surface area contributed by atoms with Crippen molar-refractivity contribution < 1.29 is 24.1 Å². The van der Waals surface area contributed by atoms with E-state index in [1.165, 1.54) is 19.3 Å². The summed E-state index contributed by atoms with van der Waals surface area (Å²) in [6, 6.07) is 6.00. The van der Waals surface area contributed by atoms with Crippen molar-refractivity contribution in [2.24, 2.45) is 5.92 Å². The number of nitrogens with zero attached hydrogens (tertiary/aromatic N) is 1. The molecule has 0 amide bonds. The van der Waals surface area contributed by atoms with Crippen molar-refractivity contribution >= 4 is 5.78 Å². The molecule has 3 rings (SSSR count). The Bertz CT molecular complexity index is 709. The van der Waals surface area contributed by atoms with Crippen molar-refractivity contribution in [1.82, 2.24) is 4.90 Å². The molecule has 0 spiro atoms. The highest BCUT2D eigenvalue weighted by Crippen LogP contribution is 2.36. The number of aliphatic hydroxyl groups is 1. The van der Waals surface area contributed by atoms with Gasteiger partial charge in [-0.05, 0) is 43.5 Å². The molecule has 6 heteroatoms. The Kier molecular flexibility index (Phi) is 10.3. The summed E-state index contributed by atoms with van der Waals surface area (Å²) >= 11 is 0. The molecule has 0 aromatic heterocycles. The predicted octanol–water partition coefficient (Wildman–Crippen LogP) is 4.54. The van der Waals surface area contributed by atoms with Gasteiger partial charge in [0, 0.05) is 38.5 Å². The highest BCUT2D eigenvalue weighted by molar-refractivity contribution is 5.78. The van der Waals surface area contributed by atoms with Crippen LogP contribution in [-0.4, -0.2) is 61.9 Å².